The van der Waals surface area contributed by atoms with Crippen molar-refractivity contribution in [2.75, 3.05) is 13.1 Å². The van der Waals surface area contributed by atoms with Gasteiger partial charge in [0.05, 0.1) is 22.7 Å². The number of hydrogen-bond acceptors (Lipinski definition) is 5. The van der Waals surface area contributed by atoms with Gasteiger partial charge in [0.25, 0.3) is 0 Å². The summed E-state index contributed by atoms with van der Waals surface area (Å²) < 4.78 is 27.4. The second-order valence-corrected chi connectivity index (χ2v) is 10.6. The van der Waals surface area contributed by atoms with Crippen LogP contribution in [0.25, 0.3) is 5.70 Å². The minimum atomic E-state index is -3.37. The number of fused-ring (bicyclic) bond motifs is 3. The van der Waals surface area contributed by atoms with E-state index in [-0.39, 0.29) is 0 Å². The fraction of sp³-hybridized carbons (Fsp3) is 0.550. The van der Waals surface area contributed by atoms with Crippen LogP contribution in [-0.2, 0) is 10.0 Å². The number of aliphatic imine (C=N–C) groups is 1. The molecular formula is C20H25N3O2S2. The Labute approximate surface area is 165 Å². The van der Waals surface area contributed by atoms with Gasteiger partial charge in [-0.1, -0.05) is 43.2 Å². The molecule has 0 aromatic heterocycles. The van der Waals surface area contributed by atoms with Gasteiger partial charge in [-0.05, 0) is 43.4 Å². The molecule has 0 unspecified atom stereocenters. The molecule has 1 aromatic rings. The van der Waals surface area contributed by atoms with Crippen LogP contribution < -0.4 is 0 Å². The van der Waals surface area contributed by atoms with Crippen molar-refractivity contribution in [3.63, 3.8) is 0 Å². The van der Waals surface area contributed by atoms with E-state index in [9.17, 15) is 8.42 Å². The summed E-state index contributed by atoms with van der Waals surface area (Å²) in [7, 11) is -3.37. The lowest BCUT2D eigenvalue weighted by Crippen LogP contribution is -2.38. The molecule has 0 radical (unpaired) electrons. The Bertz CT molecular complexity index is 886. The van der Waals surface area contributed by atoms with Crippen LogP contribution in [0.1, 0.15) is 50.5 Å². The Hall–Kier alpha value is -1.31. The molecule has 0 amide bonds. The standard InChI is InChI=1S/C20H25N3O2S2/c24-27(25,22-12-4-1-5-13-22)16-10-8-15(9-11-16)19-14-26-20-21-17-6-2-3-7-18(17)23(19)20/h8-11,14,17-18H,1-7,12-13H2/t17-,18+/m1/s1. The molecule has 0 bridgehead atoms. The Morgan fingerprint density at radius 1 is 0.963 bits per heavy atom. The lowest BCUT2D eigenvalue weighted by atomic mass is 9.90. The summed E-state index contributed by atoms with van der Waals surface area (Å²) in [4.78, 5) is 7.72. The van der Waals surface area contributed by atoms with Gasteiger partial charge >= 0.3 is 0 Å². The van der Waals surface area contributed by atoms with Crippen molar-refractivity contribution in [1.29, 1.82) is 0 Å². The summed E-state index contributed by atoms with van der Waals surface area (Å²) in [5.74, 6) is 0. The van der Waals surface area contributed by atoms with Crippen molar-refractivity contribution in [2.24, 2.45) is 4.99 Å². The van der Waals surface area contributed by atoms with Gasteiger partial charge < -0.3 is 4.90 Å². The van der Waals surface area contributed by atoms with Gasteiger partial charge in [-0.2, -0.15) is 4.31 Å². The van der Waals surface area contributed by atoms with Gasteiger partial charge in [0.15, 0.2) is 5.17 Å². The Morgan fingerprint density at radius 3 is 2.48 bits per heavy atom. The number of thioether (sulfide) groups is 1. The number of rotatable bonds is 3. The van der Waals surface area contributed by atoms with Crippen LogP contribution in [0.2, 0.25) is 0 Å². The van der Waals surface area contributed by atoms with Gasteiger partial charge in [-0.15, -0.1) is 0 Å². The van der Waals surface area contributed by atoms with E-state index in [2.05, 4.69) is 10.3 Å². The highest BCUT2D eigenvalue weighted by molar-refractivity contribution is 8.16. The molecule has 2 atom stereocenters. The highest BCUT2D eigenvalue weighted by atomic mass is 32.2. The van der Waals surface area contributed by atoms with Crippen molar-refractivity contribution < 1.29 is 8.42 Å². The molecule has 1 aromatic carbocycles. The number of sulfonamides is 1. The molecule has 3 aliphatic heterocycles. The van der Waals surface area contributed by atoms with Crippen LogP contribution >= 0.6 is 11.8 Å². The van der Waals surface area contributed by atoms with Crippen LogP contribution in [0.3, 0.4) is 0 Å². The van der Waals surface area contributed by atoms with E-state index < -0.39 is 10.0 Å². The molecule has 0 spiro atoms. The lowest BCUT2D eigenvalue weighted by Gasteiger charge is -2.32. The Balaban J connectivity index is 1.39. The largest absolute Gasteiger partial charge is 0.315 e. The van der Waals surface area contributed by atoms with E-state index in [1.807, 2.05) is 12.1 Å². The third-order valence-corrected chi connectivity index (χ3v) is 8.91. The average Bonchev–Trinajstić information content (AvgIpc) is 3.28. The zero-order valence-corrected chi connectivity index (χ0v) is 17.0. The molecule has 2 fully saturated rings. The minimum absolute atomic E-state index is 0.408. The topological polar surface area (TPSA) is 53.0 Å². The summed E-state index contributed by atoms with van der Waals surface area (Å²) in [6, 6.07) is 8.38. The fourth-order valence-electron chi connectivity index (χ4n) is 4.68. The van der Waals surface area contributed by atoms with E-state index in [0.717, 1.165) is 30.0 Å². The fourth-order valence-corrected chi connectivity index (χ4v) is 7.21. The molecular weight excluding hydrogens is 378 g/mol. The van der Waals surface area contributed by atoms with Gasteiger partial charge in [0.2, 0.25) is 10.0 Å². The number of hydrogen-bond donors (Lipinski definition) is 0. The molecule has 1 saturated carbocycles. The van der Waals surface area contributed by atoms with E-state index in [0.29, 0.717) is 30.1 Å². The summed E-state index contributed by atoms with van der Waals surface area (Å²) >= 11 is 1.70. The van der Waals surface area contributed by atoms with E-state index >= 15 is 0 Å². The van der Waals surface area contributed by atoms with Gasteiger partial charge in [0.1, 0.15) is 0 Å². The van der Waals surface area contributed by atoms with Gasteiger partial charge in [0, 0.05) is 18.5 Å². The van der Waals surface area contributed by atoms with Gasteiger partial charge in [-0.25, -0.2) is 8.42 Å². The molecule has 4 aliphatic rings. The number of nitrogens with zero attached hydrogens (tertiary/aromatic N) is 3. The van der Waals surface area contributed by atoms with Crippen LogP contribution in [0.15, 0.2) is 39.6 Å². The summed E-state index contributed by atoms with van der Waals surface area (Å²) in [6.45, 7) is 1.28. The molecule has 27 heavy (non-hydrogen) atoms. The number of benzene rings is 1. The summed E-state index contributed by atoms with van der Waals surface area (Å²) in [5, 5.41) is 3.28. The zero-order chi connectivity index (χ0) is 18.4. The summed E-state index contributed by atoms with van der Waals surface area (Å²) in [5.41, 5.74) is 2.26. The first kappa shape index (κ1) is 17.8. The monoisotopic (exact) mass is 403 g/mol. The second kappa shape index (κ2) is 6.94. The lowest BCUT2D eigenvalue weighted by molar-refractivity contribution is 0.305. The normalized spacial score (nSPS) is 28.5. The smallest absolute Gasteiger partial charge is 0.243 e. The number of piperidine rings is 1. The average molecular weight is 404 g/mol. The van der Waals surface area contributed by atoms with Crippen molar-refractivity contribution in [3.05, 3.63) is 35.2 Å². The highest BCUT2D eigenvalue weighted by Crippen LogP contribution is 2.44. The van der Waals surface area contributed by atoms with Crippen molar-refractivity contribution in [3.8, 4) is 0 Å². The van der Waals surface area contributed by atoms with Crippen molar-refractivity contribution >= 4 is 32.6 Å². The van der Waals surface area contributed by atoms with Crippen molar-refractivity contribution in [1.82, 2.24) is 9.21 Å². The van der Waals surface area contributed by atoms with Crippen LogP contribution in [0.4, 0.5) is 0 Å². The van der Waals surface area contributed by atoms with Gasteiger partial charge in [-0.3, -0.25) is 4.99 Å². The molecule has 3 heterocycles. The molecule has 7 heteroatoms. The van der Waals surface area contributed by atoms with E-state index in [1.54, 1.807) is 28.2 Å². The second-order valence-electron chi connectivity index (χ2n) is 7.81. The zero-order valence-electron chi connectivity index (χ0n) is 15.4. The first-order chi connectivity index (χ1) is 13.1. The first-order valence-electron chi connectivity index (χ1n) is 9.99. The Morgan fingerprint density at radius 2 is 1.70 bits per heavy atom. The van der Waals surface area contributed by atoms with Crippen LogP contribution in [0.5, 0.6) is 0 Å². The third-order valence-electron chi connectivity index (χ3n) is 6.15. The predicted octanol–water partition coefficient (Wildman–Crippen LogP) is 3.89. The SMILES string of the molecule is O=S(=O)(c1ccc(C2=CSC3=N[C@@H]4CCCC[C@@H]4N23)cc1)N1CCCCC1. The maximum atomic E-state index is 12.9. The van der Waals surface area contributed by atoms with Crippen LogP contribution in [-0.4, -0.2) is 48.0 Å². The maximum absolute atomic E-state index is 12.9. The molecule has 5 rings (SSSR count). The predicted molar refractivity (Wildman–Crippen MR) is 110 cm³/mol. The van der Waals surface area contributed by atoms with Crippen molar-refractivity contribution in [2.45, 2.75) is 61.9 Å². The molecule has 144 valence electrons. The van der Waals surface area contributed by atoms with Crippen LogP contribution in [0, 0.1) is 0 Å². The minimum Gasteiger partial charge on any atom is -0.315 e. The Kier molecular flexibility index (Phi) is 4.57. The summed E-state index contributed by atoms with van der Waals surface area (Å²) in [6.07, 6.45) is 7.97. The van der Waals surface area contributed by atoms with E-state index in [4.69, 9.17) is 4.99 Å². The third kappa shape index (κ3) is 3.04. The first-order valence-corrected chi connectivity index (χ1v) is 12.3. The molecule has 1 aliphatic carbocycles. The molecule has 5 nitrogen and oxygen atoms in total. The number of amidine groups is 1. The van der Waals surface area contributed by atoms with E-state index in [1.165, 1.54) is 31.4 Å². The highest BCUT2D eigenvalue weighted by Gasteiger charge is 2.42. The molecule has 1 saturated heterocycles. The maximum Gasteiger partial charge on any atom is 0.243 e. The molecule has 0 N–H and O–H groups in total. The quantitative estimate of drug-likeness (QED) is 0.768.